The lowest BCUT2D eigenvalue weighted by Gasteiger charge is -2.40. The van der Waals surface area contributed by atoms with Gasteiger partial charge in [-0.1, -0.05) is 6.42 Å². The maximum Gasteiger partial charge on any atom is 0.303 e. The summed E-state index contributed by atoms with van der Waals surface area (Å²) in [7, 11) is 1.64. The molecule has 2 N–H and O–H groups in total. The Balaban J connectivity index is 2.26. The first kappa shape index (κ1) is 14.0. The molecule has 5 heteroatoms. The number of amides is 1. The fourth-order valence-electron chi connectivity index (χ4n) is 2.12. The second kappa shape index (κ2) is 6.59. The van der Waals surface area contributed by atoms with Crippen molar-refractivity contribution in [3.63, 3.8) is 0 Å². The van der Waals surface area contributed by atoms with Gasteiger partial charge >= 0.3 is 5.97 Å². The Kier molecular flexibility index (Phi) is 5.41. The van der Waals surface area contributed by atoms with Crippen molar-refractivity contribution in [2.75, 3.05) is 20.3 Å². The van der Waals surface area contributed by atoms with E-state index in [1.54, 1.807) is 7.11 Å². The number of carbonyl (C=O) groups excluding carboxylic acids is 1. The Morgan fingerprint density at radius 1 is 1.41 bits per heavy atom. The average Bonchev–Trinajstić information content (AvgIpc) is 2.23. The first-order chi connectivity index (χ1) is 8.10. The SMILES string of the molecule is COCCC1(C(=O)NCCCC(=O)O)CCC1. The highest BCUT2D eigenvalue weighted by molar-refractivity contribution is 5.83. The molecule has 0 bridgehead atoms. The summed E-state index contributed by atoms with van der Waals surface area (Å²) in [6.45, 7) is 1.04. The molecule has 0 aromatic rings. The van der Waals surface area contributed by atoms with Gasteiger partial charge in [0.2, 0.25) is 5.91 Å². The number of carbonyl (C=O) groups is 2. The molecule has 1 saturated carbocycles. The van der Waals surface area contributed by atoms with Crippen molar-refractivity contribution < 1.29 is 19.4 Å². The molecule has 0 atom stereocenters. The van der Waals surface area contributed by atoms with E-state index in [1.165, 1.54) is 0 Å². The van der Waals surface area contributed by atoms with Crippen LogP contribution in [0.15, 0.2) is 0 Å². The number of nitrogens with one attached hydrogen (secondary N) is 1. The second-order valence-corrected chi connectivity index (χ2v) is 4.63. The fourth-order valence-corrected chi connectivity index (χ4v) is 2.12. The number of ether oxygens (including phenoxy) is 1. The average molecular weight is 243 g/mol. The quantitative estimate of drug-likeness (QED) is 0.627. The zero-order valence-electron chi connectivity index (χ0n) is 10.3. The third-order valence-electron chi connectivity index (χ3n) is 3.43. The Hall–Kier alpha value is -1.10. The fraction of sp³-hybridized carbons (Fsp3) is 0.833. The van der Waals surface area contributed by atoms with Crippen molar-refractivity contribution in [1.29, 1.82) is 0 Å². The largest absolute Gasteiger partial charge is 0.481 e. The van der Waals surface area contributed by atoms with E-state index in [2.05, 4.69) is 5.32 Å². The molecule has 1 rings (SSSR count). The van der Waals surface area contributed by atoms with Gasteiger partial charge in [-0.15, -0.1) is 0 Å². The zero-order valence-corrected chi connectivity index (χ0v) is 10.3. The first-order valence-corrected chi connectivity index (χ1v) is 6.10. The minimum atomic E-state index is -0.822. The third-order valence-corrected chi connectivity index (χ3v) is 3.43. The van der Waals surface area contributed by atoms with Gasteiger partial charge in [-0.2, -0.15) is 0 Å². The predicted molar refractivity (Wildman–Crippen MR) is 62.7 cm³/mol. The van der Waals surface area contributed by atoms with Gasteiger partial charge in [-0.25, -0.2) is 0 Å². The maximum atomic E-state index is 12.0. The molecule has 98 valence electrons. The summed E-state index contributed by atoms with van der Waals surface area (Å²) in [5.41, 5.74) is -0.251. The predicted octanol–water partition coefficient (Wildman–Crippen LogP) is 1.17. The van der Waals surface area contributed by atoms with Gasteiger partial charge in [0.25, 0.3) is 0 Å². The summed E-state index contributed by atoms with van der Waals surface area (Å²) in [5, 5.41) is 11.3. The van der Waals surface area contributed by atoms with Gasteiger partial charge < -0.3 is 15.2 Å². The molecule has 1 amide bonds. The lowest BCUT2D eigenvalue weighted by Crippen LogP contribution is -2.46. The van der Waals surface area contributed by atoms with E-state index in [1.807, 2.05) is 0 Å². The van der Waals surface area contributed by atoms with E-state index in [-0.39, 0.29) is 17.7 Å². The van der Waals surface area contributed by atoms with Crippen LogP contribution in [0.5, 0.6) is 0 Å². The molecule has 0 aromatic carbocycles. The molecule has 0 aromatic heterocycles. The number of methoxy groups -OCH3 is 1. The van der Waals surface area contributed by atoms with Crippen LogP contribution in [0.25, 0.3) is 0 Å². The van der Waals surface area contributed by atoms with Gasteiger partial charge in [-0.05, 0) is 25.7 Å². The second-order valence-electron chi connectivity index (χ2n) is 4.63. The normalized spacial score (nSPS) is 17.2. The standard InChI is InChI=1S/C12H21NO4/c1-17-9-7-12(5-3-6-12)11(16)13-8-2-4-10(14)15/h2-9H2,1H3,(H,13,16)(H,14,15). The van der Waals surface area contributed by atoms with Crippen molar-refractivity contribution in [3.8, 4) is 0 Å². The van der Waals surface area contributed by atoms with Crippen LogP contribution in [0.4, 0.5) is 0 Å². The molecular weight excluding hydrogens is 222 g/mol. The van der Waals surface area contributed by atoms with Gasteiger partial charge in [0, 0.05) is 26.7 Å². The molecule has 0 unspecified atom stereocenters. The smallest absolute Gasteiger partial charge is 0.303 e. The van der Waals surface area contributed by atoms with Gasteiger partial charge in [0.05, 0.1) is 5.41 Å². The molecule has 0 radical (unpaired) electrons. The lowest BCUT2D eigenvalue weighted by molar-refractivity contribution is -0.139. The number of carboxylic acid groups (broad SMARTS) is 1. The summed E-state index contributed by atoms with van der Waals surface area (Å²) in [5.74, 6) is -0.761. The molecule has 17 heavy (non-hydrogen) atoms. The molecular formula is C12H21NO4. The van der Waals surface area contributed by atoms with E-state index in [9.17, 15) is 9.59 Å². The highest BCUT2D eigenvalue weighted by Crippen LogP contribution is 2.44. The molecule has 0 spiro atoms. The van der Waals surface area contributed by atoms with Crippen LogP contribution >= 0.6 is 0 Å². The molecule has 0 saturated heterocycles. The van der Waals surface area contributed by atoms with Crippen LogP contribution in [0.3, 0.4) is 0 Å². The number of rotatable bonds is 8. The van der Waals surface area contributed by atoms with Gasteiger partial charge in [-0.3, -0.25) is 9.59 Å². The van der Waals surface area contributed by atoms with E-state index < -0.39 is 5.97 Å². The topological polar surface area (TPSA) is 75.6 Å². The summed E-state index contributed by atoms with van der Waals surface area (Å²) < 4.78 is 5.02. The summed E-state index contributed by atoms with van der Waals surface area (Å²) in [4.78, 5) is 22.3. The Labute approximate surface area is 102 Å². The van der Waals surface area contributed by atoms with Gasteiger partial charge in [0.1, 0.15) is 0 Å². The van der Waals surface area contributed by atoms with Crippen molar-refractivity contribution in [3.05, 3.63) is 0 Å². The highest BCUT2D eigenvalue weighted by Gasteiger charge is 2.43. The number of hydrogen-bond acceptors (Lipinski definition) is 3. The number of hydrogen-bond donors (Lipinski definition) is 2. The molecule has 0 aliphatic heterocycles. The summed E-state index contributed by atoms with van der Waals surface area (Å²) in [6, 6.07) is 0. The van der Waals surface area contributed by atoms with Crippen molar-refractivity contribution in [2.24, 2.45) is 5.41 Å². The molecule has 1 aliphatic rings. The zero-order chi connectivity index (χ0) is 12.7. The van der Waals surface area contributed by atoms with Crippen molar-refractivity contribution in [2.45, 2.75) is 38.5 Å². The highest BCUT2D eigenvalue weighted by atomic mass is 16.5. The van der Waals surface area contributed by atoms with Crippen LogP contribution in [-0.4, -0.2) is 37.2 Å². The summed E-state index contributed by atoms with van der Waals surface area (Å²) >= 11 is 0. The van der Waals surface area contributed by atoms with E-state index in [0.29, 0.717) is 19.6 Å². The van der Waals surface area contributed by atoms with E-state index >= 15 is 0 Å². The molecule has 0 heterocycles. The number of carboxylic acids is 1. The van der Waals surface area contributed by atoms with Crippen molar-refractivity contribution in [1.82, 2.24) is 5.32 Å². The minimum absolute atomic E-state index is 0.0613. The lowest BCUT2D eigenvalue weighted by atomic mass is 9.66. The van der Waals surface area contributed by atoms with Crippen LogP contribution in [0.2, 0.25) is 0 Å². The van der Waals surface area contributed by atoms with Crippen LogP contribution in [0, 0.1) is 5.41 Å². The Morgan fingerprint density at radius 2 is 2.12 bits per heavy atom. The summed E-state index contributed by atoms with van der Waals surface area (Å²) in [6.07, 6.45) is 4.27. The van der Waals surface area contributed by atoms with E-state index in [0.717, 1.165) is 25.7 Å². The molecule has 5 nitrogen and oxygen atoms in total. The van der Waals surface area contributed by atoms with Crippen LogP contribution in [-0.2, 0) is 14.3 Å². The van der Waals surface area contributed by atoms with E-state index in [4.69, 9.17) is 9.84 Å². The Morgan fingerprint density at radius 3 is 2.59 bits per heavy atom. The minimum Gasteiger partial charge on any atom is -0.481 e. The van der Waals surface area contributed by atoms with Crippen LogP contribution in [0.1, 0.15) is 38.5 Å². The first-order valence-electron chi connectivity index (χ1n) is 6.10. The molecule has 1 aliphatic carbocycles. The maximum absolute atomic E-state index is 12.0. The Bertz CT molecular complexity index is 274. The number of aliphatic carboxylic acids is 1. The van der Waals surface area contributed by atoms with Crippen LogP contribution < -0.4 is 5.32 Å². The van der Waals surface area contributed by atoms with Gasteiger partial charge in [0.15, 0.2) is 0 Å². The monoisotopic (exact) mass is 243 g/mol. The molecule has 1 fully saturated rings. The third kappa shape index (κ3) is 4.00. The van der Waals surface area contributed by atoms with Crippen molar-refractivity contribution >= 4 is 11.9 Å².